The number of aliphatic hydroxyl groups excluding tert-OH is 1. The Kier molecular flexibility index (Phi) is 3.60. The molecule has 1 aliphatic heterocycles. The third kappa shape index (κ3) is 2.71. The molecule has 1 unspecified atom stereocenters. The number of benzene rings is 1. The highest BCUT2D eigenvalue weighted by atomic mass is 32.2. The van der Waals surface area contributed by atoms with Crippen molar-refractivity contribution in [3.63, 3.8) is 0 Å². The van der Waals surface area contributed by atoms with Gasteiger partial charge in [-0.05, 0) is 5.56 Å². The van der Waals surface area contributed by atoms with Crippen molar-refractivity contribution >= 4 is 16.9 Å². The number of aliphatic hydroxyl groups is 1. The van der Waals surface area contributed by atoms with E-state index in [0.29, 0.717) is 5.75 Å². The summed E-state index contributed by atoms with van der Waals surface area (Å²) in [4.78, 5) is 4.44. The Bertz CT molecular complexity index is 342. The molecule has 1 heterocycles. The van der Waals surface area contributed by atoms with Crippen LogP contribution in [0.3, 0.4) is 0 Å². The Morgan fingerprint density at radius 2 is 2.13 bits per heavy atom. The maximum absolute atomic E-state index is 8.69. The summed E-state index contributed by atoms with van der Waals surface area (Å²) in [6.07, 6.45) is -0.0209. The van der Waals surface area contributed by atoms with Crippen LogP contribution in [-0.2, 0) is 0 Å². The highest BCUT2D eigenvalue weighted by Crippen LogP contribution is 2.18. The molecule has 80 valence electrons. The van der Waals surface area contributed by atoms with Gasteiger partial charge in [0.05, 0.1) is 6.61 Å². The zero-order valence-electron chi connectivity index (χ0n) is 8.18. The minimum atomic E-state index is -0.0209. The second-order valence-corrected chi connectivity index (χ2v) is 4.17. The molecule has 2 rings (SSSR count). The molecule has 4 nitrogen and oxygen atoms in total. The van der Waals surface area contributed by atoms with Crippen molar-refractivity contribution in [2.45, 2.75) is 6.17 Å². The van der Waals surface area contributed by atoms with Crippen molar-refractivity contribution in [2.24, 2.45) is 4.99 Å². The van der Waals surface area contributed by atoms with Crippen molar-refractivity contribution in [2.75, 3.05) is 12.4 Å². The first kappa shape index (κ1) is 10.5. The molecule has 0 saturated heterocycles. The zero-order chi connectivity index (χ0) is 10.5. The van der Waals surface area contributed by atoms with Crippen LogP contribution >= 0.6 is 11.8 Å². The van der Waals surface area contributed by atoms with Gasteiger partial charge in [0.2, 0.25) is 0 Å². The molecule has 1 atom stereocenters. The third-order valence-electron chi connectivity index (χ3n) is 2.01. The van der Waals surface area contributed by atoms with Crippen molar-refractivity contribution < 1.29 is 5.11 Å². The lowest BCUT2D eigenvalue weighted by molar-refractivity contribution is 0.323. The van der Waals surface area contributed by atoms with Gasteiger partial charge >= 0.3 is 0 Å². The van der Waals surface area contributed by atoms with Crippen LogP contribution in [-0.4, -0.2) is 22.6 Å². The molecule has 1 aromatic rings. The normalized spacial score (nSPS) is 19.8. The number of hydrogen-bond acceptors (Lipinski definition) is 5. The van der Waals surface area contributed by atoms with Gasteiger partial charge in [0, 0.05) is 5.75 Å². The molecule has 0 spiro atoms. The Labute approximate surface area is 92.8 Å². The Morgan fingerprint density at radius 1 is 1.33 bits per heavy atom. The summed E-state index contributed by atoms with van der Waals surface area (Å²) in [5.74, 6) is 0.662. The van der Waals surface area contributed by atoms with Crippen LogP contribution in [0.25, 0.3) is 0 Å². The van der Waals surface area contributed by atoms with E-state index in [1.54, 1.807) is 0 Å². The van der Waals surface area contributed by atoms with E-state index in [1.165, 1.54) is 11.8 Å². The number of thioether (sulfide) groups is 1. The number of rotatable bonds is 3. The van der Waals surface area contributed by atoms with Crippen molar-refractivity contribution in [1.82, 2.24) is 10.9 Å². The lowest BCUT2D eigenvalue weighted by atomic mass is 10.2. The van der Waals surface area contributed by atoms with Gasteiger partial charge in [0.25, 0.3) is 0 Å². The maximum atomic E-state index is 8.69. The van der Waals surface area contributed by atoms with Crippen LogP contribution in [0.2, 0.25) is 0 Å². The predicted molar refractivity (Wildman–Crippen MR) is 62.4 cm³/mol. The fourth-order valence-corrected chi connectivity index (χ4v) is 1.92. The van der Waals surface area contributed by atoms with Crippen LogP contribution in [0.5, 0.6) is 0 Å². The van der Waals surface area contributed by atoms with Gasteiger partial charge < -0.3 is 5.11 Å². The molecular formula is C10H13N3OS. The summed E-state index contributed by atoms with van der Waals surface area (Å²) in [5.41, 5.74) is 7.20. The molecule has 15 heavy (non-hydrogen) atoms. The molecule has 1 aliphatic rings. The predicted octanol–water partition coefficient (Wildman–Crippen LogP) is 0.874. The van der Waals surface area contributed by atoms with Gasteiger partial charge in [-0.1, -0.05) is 42.1 Å². The molecule has 5 heteroatoms. The smallest absolute Gasteiger partial charge is 0.173 e. The van der Waals surface area contributed by atoms with Gasteiger partial charge in [-0.15, -0.1) is 0 Å². The molecule has 0 aromatic heterocycles. The van der Waals surface area contributed by atoms with Crippen molar-refractivity contribution in [1.29, 1.82) is 0 Å². The number of aliphatic imine (C=N–C) groups is 1. The van der Waals surface area contributed by atoms with E-state index in [0.717, 1.165) is 10.7 Å². The van der Waals surface area contributed by atoms with E-state index < -0.39 is 0 Å². The molecule has 3 N–H and O–H groups in total. The van der Waals surface area contributed by atoms with E-state index >= 15 is 0 Å². The first-order chi connectivity index (χ1) is 7.40. The van der Waals surface area contributed by atoms with Gasteiger partial charge in [0.1, 0.15) is 6.17 Å². The van der Waals surface area contributed by atoms with Gasteiger partial charge in [-0.2, -0.15) is 0 Å². The molecule has 0 amide bonds. The lowest BCUT2D eigenvalue weighted by Gasteiger charge is -2.06. The average Bonchev–Trinajstić information content (AvgIpc) is 2.76. The first-order valence-corrected chi connectivity index (χ1v) is 5.76. The van der Waals surface area contributed by atoms with Crippen LogP contribution in [0, 0.1) is 0 Å². The Balaban J connectivity index is 1.99. The van der Waals surface area contributed by atoms with E-state index in [-0.39, 0.29) is 12.8 Å². The van der Waals surface area contributed by atoms with E-state index in [4.69, 9.17) is 5.11 Å². The minimum Gasteiger partial charge on any atom is -0.396 e. The number of amidine groups is 1. The van der Waals surface area contributed by atoms with Gasteiger partial charge in [-0.3, -0.25) is 5.43 Å². The monoisotopic (exact) mass is 223 g/mol. The topological polar surface area (TPSA) is 56.7 Å². The molecule has 1 aromatic carbocycles. The minimum absolute atomic E-state index is 0.0209. The number of hydrazine groups is 1. The fraction of sp³-hybridized carbons (Fsp3) is 0.300. The van der Waals surface area contributed by atoms with E-state index in [2.05, 4.69) is 15.8 Å². The molecule has 0 fully saturated rings. The SMILES string of the molecule is OCCSC1=NC(c2ccccc2)NN1. The highest BCUT2D eigenvalue weighted by molar-refractivity contribution is 8.13. The summed E-state index contributed by atoms with van der Waals surface area (Å²) >= 11 is 1.51. The molecular weight excluding hydrogens is 210 g/mol. The van der Waals surface area contributed by atoms with Crippen molar-refractivity contribution in [3.8, 4) is 0 Å². The summed E-state index contributed by atoms with van der Waals surface area (Å²) < 4.78 is 0. The zero-order valence-corrected chi connectivity index (χ0v) is 9.00. The van der Waals surface area contributed by atoms with Crippen LogP contribution in [0.4, 0.5) is 0 Å². The standard InChI is InChI=1S/C10H13N3OS/c14-6-7-15-10-11-9(12-13-10)8-4-2-1-3-5-8/h1-5,9,12,14H,6-7H2,(H,11,13). The maximum Gasteiger partial charge on any atom is 0.173 e. The van der Waals surface area contributed by atoms with Gasteiger partial charge in [0.15, 0.2) is 5.17 Å². The molecule has 0 radical (unpaired) electrons. The summed E-state index contributed by atoms with van der Waals surface area (Å²) in [7, 11) is 0. The quantitative estimate of drug-likeness (QED) is 0.712. The van der Waals surface area contributed by atoms with E-state index in [9.17, 15) is 0 Å². The average molecular weight is 223 g/mol. The van der Waals surface area contributed by atoms with Crippen LogP contribution < -0.4 is 10.9 Å². The first-order valence-electron chi connectivity index (χ1n) is 4.78. The summed E-state index contributed by atoms with van der Waals surface area (Å²) in [6.45, 7) is 0.168. The van der Waals surface area contributed by atoms with Crippen LogP contribution in [0.1, 0.15) is 11.7 Å². The third-order valence-corrected chi connectivity index (χ3v) is 2.88. The second kappa shape index (κ2) is 5.16. The number of nitrogens with one attached hydrogen (secondary N) is 2. The fourth-order valence-electron chi connectivity index (χ4n) is 1.32. The summed E-state index contributed by atoms with van der Waals surface area (Å²) in [6, 6.07) is 10.0. The Morgan fingerprint density at radius 3 is 2.87 bits per heavy atom. The number of hydrogen-bond donors (Lipinski definition) is 3. The Hall–Kier alpha value is -1.04. The molecule has 0 saturated carbocycles. The van der Waals surface area contributed by atoms with Crippen LogP contribution in [0.15, 0.2) is 35.3 Å². The lowest BCUT2D eigenvalue weighted by Crippen LogP contribution is -2.30. The van der Waals surface area contributed by atoms with E-state index in [1.807, 2.05) is 30.3 Å². The summed E-state index contributed by atoms with van der Waals surface area (Å²) in [5, 5.41) is 9.52. The highest BCUT2D eigenvalue weighted by Gasteiger charge is 2.17. The van der Waals surface area contributed by atoms with Gasteiger partial charge in [-0.25, -0.2) is 10.4 Å². The largest absolute Gasteiger partial charge is 0.396 e. The molecule has 0 aliphatic carbocycles. The number of nitrogens with zero attached hydrogens (tertiary/aromatic N) is 1. The molecule has 0 bridgehead atoms. The second-order valence-electron chi connectivity index (χ2n) is 3.09. The van der Waals surface area contributed by atoms with Crippen molar-refractivity contribution in [3.05, 3.63) is 35.9 Å².